The van der Waals surface area contributed by atoms with Crippen molar-refractivity contribution in [2.45, 2.75) is 198 Å². The molecule has 314 valence electrons. The van der Waals surface area contributed by atoms with E-state index < -0.39 is 7.82 Å². The van der Waals surface area contributed by atoms with Gasteiger partial charge in [0.15, 0.2) is 0 Å². The average Bonchev–Trinajstić information content (AvgIpc) is 3.07. The standard InChI is InChI=1S/C50H85O4P/c1-41(2)21-12-22-42(3)23-13-24-43(4)25-14-26-44(5)27-15-28-45(6)29-16-30-46(7)31-17-32-47(8)33-18-34-48(9)35-19-36-49(10)37-20-38-50(11)39-40-54-55(51,52)53/h21,23,25,27,29,31,33,35,37,50H,12-20,22,24,26,28,30,32,34,36,38-40H2,1-11H3,(H2,51,52,53). The number of allylic oxidation sites excluding steroid dienone is 18. The summed E-state index contributed by atoms with van der Waals surface area (Å²) in [7, 11) is -4.35. The lowest BCUT2D eigenvalue weighted by Gasteiger charge is -2.11. The summed E-state index contributed by atoms with van der Waals surface area (Å²) in [5, 5.41) is 0. The van der Waals surface area contributed by atoms with Crippen LogP contribution in [-0.4, -0.2) is 16.4 Å². The van der Waals surface area contributed by atoms with E-state index in [9.17, 15) is 4.57 Å². The highest BCUT2D eigenvalue weighted by Crippen LogP contribution is 2.36. The van der Waals surface area contributed by atoms with E-state index in [1.165, 1.54) is 69.4 Å². The molecule has 2 N–H and O–H groups in total. The summed E-state index contributed by atoms with van der Waals surface area (Å²) < 4.78 is 15.3. The minimum atomic E-state index is -4.35. The van der Waals surface area contributed by atoms with Gasteiger partial charge in [0, 0.05) is 0 Å². The van der Waals surface area contributed by atoms with Crippen LogP contribution < -0.4 is 0 Å². The van der Waals surface area contributed by atoms with Gasteiger partial charge in [-0.2, -0.15) is 0 Å². The topological polar surface area (TPSA) is 66.8 Å². The maximum Gasteiger partial charge on any atom is 0.469 e. The van der Waals surface area contributed by atoms with Gasteiger partial charge in [-0.05, 0) is 197 Å². The first-order chi connectivity index (χ1) is 26.0. The van der Waals surface area contributed by atoms with Crippen LogP contribution in [0.25, 0.3) is 0 Å². The molecule has 0 saturated carbocycles. The number of hydrogen-bond donors (Lipinski definition) is 2. The van der Waals surface area contributed by atoms with Crippen LogP contribution in [0.3, 0.4) is 0 Å². The quantitative estimate of drug-likeness (QED) is 0.0543. The molecule has 0 radical (unpaired) electrons. The van der Waals surface area contributed by atoms with E-state index in [0.717, 1.165) is 96.3 Å². The molecule has 0 aliphatic rings. The predicted octanol–water partition coefficient (Wildman–Crippen LogP) is 16.7. The van der Waals surface area contributed by atoms with E-state index in [2.05, 4.69) is 135 Å². The van der Waals surface area contributed by atoms with Gasteiger partial charge in [0.05, 0.1) is 6.61 Å². The Kier molecular flexibility index (Phi) is 31.5. The zero-order valence-electron chi connectivity index (χ0n) is 37.6. The van der Waals surface area contributed by atoms with E-state index >= 15 is 0 Å². The molecular weight excluding hydrogens is 696 g/mol. The summed E-state index contributed by atoms with van der Waals surface area (Å²) in [6.07, 6.45) is 42.6. The van der Waals surface area contributed by atoms with Gasteiger partial charge in [-0.25, -0.2) is 4.57 Å². The van der Waals surface area contributed by atoms with Gasteiger partial charge >= 0.3 is 7.82 Å². The number of phosphoric acid groups is 1. The van der Waals surface area contributed by atoms with Crippen molar-refractivity contribution in [3.63, 3.8) is 0 Å². The average molecular weight is 781 g/mol. The van der Waals surface area contributed by atoms with Crippen molar-refractivity contribution in [1.82, 2.24) is 0 Å². The third kappa shape index (κ3) is 37.1. The molecule has 0 amide bonds. The molecule has 0 aromatic heterocycles. The fourth-order valence-electron chi connectivity index (χ4n) is 6.36. The van der Waals surface area contributed by atoms with E-state index in [-0.39, 0.29) is 6.61 Å². The Morgan fingerprint density at radius 1 is 0.418 bits per heavy atom. The minimum absolute atomic E-state index is 0.108. The molecule has 0 bridgehead atoms. The van der Waals surface area contributed by atoms with Crippen LogP contribution in [0.2, 0.25) is 0 Å². The molecule has 0 saturated heterocycles. The molecule has 0 aromatic rings. The SMILES string of the molecule is CC(C)=CCCC(C)=CCCC(C)=CCCC(C)=CCCC(C)=CCCC(C)=CCCC(C)=CCCC(C)=CCCC(C)=CCCC(C)CCOP(=O)(O)O. The number of hydrogen-bond acceptors (Lipinski definition) is 2. The summed E-state index contributed by atoms with van der Waals surface area (Å²) in [6.45, 7) is 24.7. The van der Waals surface area contributed by atoms with Crippen LogP contribution in [0.1, 0.15) is 198 Å². The molecule has 0 aliphatic carbocycles. The lowest BCUT2D eigenvalue weighted by Crippen LogP contribution is -2.00. The second-order valence-electron chi connectivity index (χ2n) is 16.8. The van der Waals surface area contributed by atoms with Gasteiger partial charge in [-0.1, -0.05) is 112 Å². The molecule has 1 atom stereocenters. The van der Waals surface area contributed by atoms with E-state index in [1.807, 2.05) is 0 Å². The molecule has 0 spiro atoms. The van der Waals surface area contributed by atoms with Gasteiger partial charge in [0.25, 0.3) is 0 Å². The van der Waals surface area contributed by atoms with Gasteiger partial charge in [0.1, 0.15) is 0 Å². The summed E-state index contributed by atoms with van der Waals surface area (Å²) >= 11 is 0. The third-order valence-electron chi connectivity index (χ3n) is 10.3. The minimum Gasteiger partial charge on any atom is -0.303 e. The molecule has 1 unspecified atom stereocenters. The van der Waals surface area contributed by atoms with Crippen molar-refractivity contribution >= 4 is 7.82 Å². The lowest BCUT2D eigenvalue weighted by molar-refractivity contribution is 0.185. The number of phosphoric ester groups is 1. The fraction of sp³-hybridized carbons (Fsp3) is 0.640. The Morgan fingerprint density at radius 3 is 0.891 bits per heavy atom. The van der Waals surface area contributed by atoms with Gasteiger partial charge in [-0.15, -0.1) is 0 Å². The lowest BCUT2D eigenvalue weighted by atomic mass is 10.0. The van der Waals surface area contributed by atoms with Crippen molar-refractivity contribution in [3.8, 4) is 0 Å². The van der Waals surface area contributed by atoms with Crippen LogP contribution in [0.15, 0.2) is 105 Å². The largest absolute Gasteiger partial charge is 0.469 e. The smallest absolute Gasteiger partial charge is 0.303 e. The third-order valence-corrected chi connectivity index (χ3v) is 10.9. The monoisotopic (exact) mass is 781 g/mol. The van der Waals surface area contributed by atoms with Crippen molar-refractivity contribution in [3.05, 3.63) is 105 Å². The molecule has 0 aromatic carbocycles. The summed E-state index contributed by atoms with van der Waals surface area (Å²) in [5.74, 6) is 0.378. The van der Waals surface area contributed by atoms with Crippen LogP contribution >= 0.6 is 7.82 Å². The van der Waals surface area contributed by atoms with Gasteiger partial charge in [0.2, 0.25) is 0 Å². The first-order valence-corrected chi connectivity index (χ1v) is 23.1. The Labute approximate surface area is 341 Å². The van der Waals surface area contributed by atoms with E-state index in [1.54, 1.807) is 0 Å². The number of rotatable bonds is 31. The van der Waals surface area contributed by atoms with E-state index in [4.69, 9.17) is 9.79 Å². The van der Waals surface area contributed by atoms with Gasteiger partial charge in [-0.3, -0.25) is 4.52 Å². The first kappa shape index (κ1) is 52.8. The second-order valence-corrected chi connectivity index (χ2v) is 18.0. The zero-order valence-corrected chi connectivity index (χ0v) is 38.5. The first-order valence-electron chi connectivity index (χ1n) is 21.5. The molecule has 0 heterocycles. The van der Waals surface area contributed by atoms with Crippen LogP contribution in [-0.2, 0) is 9.09 Å². The summed E-state index contributed by atoms with van der Waals surface area (Å²) in [4.78, 5) is 17.6. The normalized spacial score (nSPS) is 15.2. The molecule has 4 nitrogen and oxygen atoms in total. The molecule has 0 aliphatic heterocycles. The van der Waals surface area contributed by atoms with E-state index in [0.29, 0.717) is 12.3 Å². The molecule has 0 rings (SSSR count). The Hall–Kier alpha value is -2.23. The van der Waals surface area contributed by atoms with Crippen LogP contribution in [0, 0.1) is 5.92 Å². The molecule has 55 heavy (non-hydrogen) atoms. The van der Waals surface area contributed by atoms with Crippen molar-refractivity contribution in [1.29, 1.82) is 0 Å². The fourth-order valence-corrected chi connectivity index (χ4v) is 6.70. The summed E-state index contributed by atoms with van der Waals surface area (Å²) in [6, 6.07) is 0. The predicted molar refractivity (Wildman–Crippen MR) is 244 cm³/mol. The van der Waals surface area contributed by atoms with Crippen LogP contribution in [0.4, 0.5) is 0 Å². The van der Waals surface area contributed by atoms with Gasteiger partial charge < -0.3 is 9.79 Å². The highest BCUT2D eigenvalue weighted by atomic mass is 31.2. The molecule has 5 heteroatoms. The van der Waals surface area contributed by atoms with Crippen molar-refractivity contribution in [2.24, 2.45) is 5.92 Å². The molecular formula is C50H85O4P. The second kappa shape index (κ2) is 32.8. The maximum absolute atomic E-state index is 10.8. The molecule has 0 fully saturated rings. The zero-order chi connectivity index (χ0) is 41.5. The summed E-state index contributed by atoms with van der Waals surface area (Å²) in [5.41, 5.74) is 13.4. The van der Waals surface area contributed by atoms with Crippen molar-refractivity contribution < 1.29 is 18.9 Å². The Morgan fingerprint density at radius 2 is 0.655 bits per heavy atom. The highest BCUT2D eigenvalue weighted by molar-refractivity contribution is 7.46. The van der Waals surface area contributed by atoms with Crippen molar-refractivity contribution in [2.75, 3.05) is 6.61 Å². The van der Waals surface area contributed by atoms with Crippen LogP contribution in [0.5, 0.6) is 0 Å². The Bertz CT molecular complexity index is 1380. The highest BCUT2D eigenvalue weighted by Gasteiger charge is 2.14. The maximum atomic E-state index is 10.8. The Balaban J connectivity index is 4.23.